The number of halogens is 3. The Morgan fingerprint density at radius 2 is 1.68 bits per heavy atom. The van der Waals surface area contributed by atoms with E-state index in [0.29, 0.717) is 12.2 Å². The Bertz CT molecular complexity index is 1230. The summed E-state index contributed by atoms with van der Waals surface area (Å²) >= 11 is 0. The summed E-state index contributed by atoms with van der Waals surface area (Å²) < 4.78 is 51.2. The maximum Gasteiger partial charge on any atom is 0.416 e. The summed E-state index contributed by atoms with van der Waals surface area (Å²) in [6.07, 6.45) is -1.11. The Balaban J connectivity index is 1.38. The molecule has 1 amide bonds. The van der Waals surface area contributed by atoms with Crippen LogP contribution in [0.2, 0.25) is 0 Å². The van der Waals surface area contributed by atoms with Gasteiger partial charge < -0.3 is 19.9 Å². The minimum Gasteiger partial charge on any atom is -0.476 e. The van der Waals surface area contributed by atoms with Crippen LogP contribution >= 0.6 is 0 Å². The molecule has 2 N–H and O–H groups in total. The van der Waals surface area contributed by atoms with E-state index in [2.05, 4.69) is 10.4 Å². The molecule has 1 fully saturated rings. The lowest BCUT2D eigenvalue weighted by atomic mass is 9.92. The molecule has 1 aliphatic carbocycles. The highest BCUT2D eigenvalue weighted by atomic mass is 19.4. The second kappa shape index (κ2) is 12.1. The van der Waals surface area contributed by atoms with Crippen molar-refractivity contribution in [3.63, 3.8) is 0 Å². The molecule has 2 aromatic carbocycles. The van der Waals surface area contributed by atoms with Gasteiger partial charge in [-0.05, 0) is 36.1 Å². The quantitative estimate of drug-likeness (QED) is 0.389. The molecule has 1 heterocycles. The number of carboxylic acid groups (broad SMARTS) is 1. The number of carbonyl (C=O) groups is 2. The number of carboxylic acids is 1. The zero-order chi connectivity index (χ0) is 27.1. The fraction of sp³-hybridized carbons (Fsp3) is 0.370. The Morgan fingerprint density at radius 1 is 1.00 bits per heavy atom. The van der Waals surface area contributed by atoms with Crippen molar-refractivity contribution in [1.29, 1.82) is 0 Å². The number of carbonyl (C=O) groups excluding carboxylic acids is 1. The predicted octanol–water partition coefficient (Wildman–Crippen LogP) is 4.82. The molecule has 4 rings (SSSR count). The lowest BCUT2D eigenvalue weighted by Crippen LogP contribution is -2.47. The van der Waals surface area contributed by atoms with E-state index >= 15 is 0 Å². The maximum atomic E-state index is 12.9. The van der Waals surface area contributed by atoms with Crippen molar-refractivity contribution in [3.8, 4) is 5.88 Å². The number of rotatable bonds is 10. The number of aromatic nitrogens is 2. The topological polar surface area (TPSA) is 103 Å². The van der Waals surface area contributed by atoms with Crippen molar-refractivity contribution in [2.75, 3.05) is 0 Å². The first-order valence-corrected chi connectivity index (χ1v) is 12.2. The molecule has 38 heavy (non-hydrogen) atoms. The Labute approximate surface area is 217 Å². The van der Waals surface area contributed by atoms with Crippen molar-refractivity contribution in [1.82, 2.24) is 15.1 Å². The molecule has 0 spiro atoms. The van der Waals surface area contributed by atoms with E-state index in [1.807, 2.05) is 30.3 Å². The van der Waals surface area contributed by atoms with Crippen LogP contribution in [0.15, 0.2) is 60.7 Å². The molecular formula is C27H28F3N3O5. The third-order valence-corrected chi connectivity index (χ3v) is 6.28. The number of hydrogen-bond donors (Lipinski definition) is 2. The number of alkyl halides is 3. The summed E-state index contributed by atoms with van der Waals surface area (Å²) in [5, 5.41) is 16.3. The number of benzene rings is 2. The second-order valence-electron chi connectivity index (χ2n) is 9.11. The van der Waals surface area contributed by atoms with E-state index in [0.717, 1.165) is 48.1 Å². The smallest absolute Gasteiger partial charge is 0.416 e. The van der Waals surface area contributed by atoms with E-state index in [1.165, 1.54) is 18.2 Å². The van der Waals surface area contributed by atoms with Gasteiger partial charge in [0.15, 0.2) is 5.69 Å². The average Bonchev–Trinajstić information content (AvgIpc) is 3.30. The Morgan fingerprint density at radius 3 is 2.37 bits per heavy atom. The first-order chi connectivity index (χ1) is 18.2. The molecule has 0 saturated heterocycles. The summed E-state index contributed by atoms with van der Waals surface area (Å²) in [6.45, 7) is 0.000999. The summed E-state index contributed by atoms with van der Waals surface area (Å²) in [5.41, 5.74) is 0.371. The van der Waals surface area contributed by atoms with E-state index < -0.39 is 17.7 Å². The van der Waals surface area contributed by atoms with Gasteiger partial charge in [-0.25, -0.2) is 9.48 Å². The number of hydrogen-bond acceptors (Lipinski definition) is 5. The molecule has 1 aliphatic rings. The molecule has 0 aliphatic heterocycles. The van der Waals surface area contributed by atoms with Crippen molar-refractivity contribution in [2.45, 2.75) is 63.8 Å². The molecule has 0 radical (unpaired) electrons. The first kappa shape index (κ1) is 27.2. The zero-order valence-corrected chi connectivity index (χ0v) is 20.5. The lowest BCUT2D eigenvalue weighted by molar-refractivity contribution is -0.137. The van der Waals surface area contributed by atoms with Crippen LogP contribution in [0, 0.1) is 0 Å². The molecule has 2 unspecified atom stereocenters. The van der Waals surface area contributed by atoms with Crippen molar-refractivity contribution >= 4 is 11.9 Å². The molecule has 11 heteroatoms. The third-order valence-electron chi connectivity index (χ3n) is 6.28. The van der Waals surface area contributed by atoms with Crippen molar-refractivity contribution < 1.29 is 37.3 Å². The molecule has 8 nitrogen and oxygen atoms in total. The van der Waals surface area contributed by atoms with Crippen LogP contribution in [0.1, 0.15) is 52.9 Å². The second-order valence-corrected chi connectivity index (χ2v) is 9.11. The first-order valence-electron chi connectivity index (χ1n) is 12.2. The summed E-state index contributed by atoms with van der Waals surface area (Å²) in [4.78, 5) is 24.4. The van der Waals surface area contributed by atoms with Gasteiger partial charge in [-0.2, -0.15) is 18.3 Å². The predicted molar refractivity (Wildman–Crippen MR) is 130 cm³/mol. The summed E-state index contributed by atoms with van der Waals surface area (Å²) in [6, 6.07) is 15.1. The zero-order valence-electron chi connectivity index (χ0n) is 20.5. The molecule has 3 aromatic rings. The van der Waals surface area contributed by atoms with Crippen LogP contribution in [0.25, 0.3) is 0 Å². The lowest BCUT2D eigenvalue weighted by Gasteiger charge is -2.32. The largest absolute Gasteiger partial charge is 0.476 e. The van der Waals surface area contributed by atoms with E-state index in [4.69, 9.17) is 9.47 Å². The molecule has 1 saturated carbocycles. The SMILES string of the molecule is O=C(Cn1nc(C(=O)O)cc1OCc1ccc(C(F)(F)F)cc1)NC1CCCCC1OCc1ccccc1. The molecule has 1 aromatic heterocycles. The van der Waals surface area contributed by atoms with Crippen LogP contribution in [0.5, 0.6) is 5.88 Å². The number of ether oxygens (including phenoxy) is 2. The monoisotopic (exact) mass is 531 g/mol. The number of nitrogens with zero attached hydrogens (tertiary/aromatic N) is 2. The number of aromatic carboxylic acids is 1. The van der Waals surface area contributed by atoms with Crippen LogP contribution < -0.4 is 10.1 Å². The Kier molecular flexibility index (Phi) is 8.67. The van der Waals surface area contributed by atoms with Gasteiger partial charge in [0.25, 0.3) is 0 Å². The van der Waals surface area contributed by atoms with Gasteiger partial charge in [-0.15, -0.1) is 0 Å². The highest BCUT2D eigenvalue weighted by molar-refractivity contribution is 5.85. The summed E-state index contributed by atoms with van der Waals surface area (Å²) in [5.74, 6) is -1.67. The van der Waals surface area contributed by atoms with Gasteiger partial charge >= 0.3 is 12.1 Å². The third kappa shape index (κ3) is 7.34. The number of nitrogens with one attached hydrogen (secondary N) is 1. The van der Waals surface area contributed by atoms with Crippen molar-refractivity contribution in [2.24, 2.45) is 0 Å². The highest BCUT2D eigenvalue weighted by Crippen LogP contribution is 2.29. The minimum absolute atomic E-state index is 0.0120. The van der Waals surface area contributed by atoms with Gasteiger partial charge in [-0.1, -0.05) is 55.3 Å². The van der Waals surface area contributed by atoms with Crippen molar-refractivity contribution in [3.05, 3.63) is 83.0 Å². The van der Waals surface area contributed by atoms with Gasteiger partial charge in [0.2, 0.25) is 11.8 Å². The molecule has 202 valence electrons. The van der Waals surface area contributed by atoms with Crippen LogP contribution in [-0.2, 0) is 35.5 Å². The van der Waals surface area contributed by atoms with Crippen LogP contribution in [-0.4, -0.2) is 38.9 Å². The average molecular weight is 532 g/mol. The van der Waals surface area contributed by atoms with Crippen LogP contribution in [0.3, 0.4) is 0 Å². The van der Waals surface area contributed by atoms with E-state index in [1.54, 1.807) is 0 Å². The Hall–Kier alpha value is -3.86. The fourth-order valence-corrected chi connectivity index (χ4v) is 4.31. The number of amides is 1. The molecule has 0 bridgehead atoms. The molecule has 2 atom stereocenters. The van der Waals surface area contributed by atoms with Gasteiger partial charge in [0.1, 0.15) is 13.2 Å². The fourth-order valence-electron chi connectivity index (χ4n) is 4.31. The highest BCUT2D eigenvalue weighted by Gasteiger charge is 2.30. The van der Waals surface area contributed by atoms with E-state index in [9.17, 15) is 27.9 Å². The minimum atomic E-state index is -4.45. The van der Waals surface area contributed by atoms with Gasteiger partial charge in [-0.3, -0.25) is 4.79 Å². The normalized spacial score (nSPS) is 17.7. The van der Waals surface area contributed by atoms with Gasteiger partial charge in [0, 0.05) is 6.07 Å². The van der Waals surface area contributed by atoms with E-state index in [-0.39, 0.29) is 42.8 Å². The standard InChI is InChI=1S/C27H28F3N3O5/c28-27(29,30)20-12-10-19(11-13-20)17-38-25-14-22(26(35)36)32-33(25)15-24(34)31-21-8-4-5-9-23(21)37-16-18-6-2-1-3-7-18/h1-3,6-7,10-14,21,23H,4-5,8-9,15-17H2,(H,31,34)(H,35,36). The molecular weight excluding hydrogens is 503 g/mol. The van der Waals surface area contributed by atoms with Gasteiger partial charge in [0.05, 0.1) is 24.3 Å². The summed E-state index contributed by atoms with van der Waals surface area (Å²) in [7, 11) is 0. The maximum absolute atomic E-state index is 12.9. The van der Waals surface area contributed by atoms with Crippen LogP contribution in [0.4, 0.5) is 13.2 Å².